The molecule has 0 bridgehead atoms. The van der Waals surface area contributed by atoms with E-state index >= 15 is 0 Å². The van der Waals surface area contributed by atoms with Gasteiger partial charge >= 0.3 is 0 Å². The first-order valence-electron chi connectivity index (χ1n) is 4.80. The fourth-order valence-electron chi connectivity index (χ4n) is 1.12. The molecule has 0 aliphatic heterocycles. The largest absolute Gasteiger partial charge is 0.341 e. The lowest BCUT2D eigenvalue weighted by Crippen LogP contribution is -2.38. The third kappa shape index (κ3) is 3.13. The Balaban J connectivity index is 2.60. The fourth-order valence-corrected chi connectivity index (χ4v) is 1.72. The number of nitrogens with zero attached hydrogens (tertiary/aromatic N) is 1. The molecule has 0 saturated carbocycles. The monoisotopic (exact) mass is 226 g/mol. The highest BCUT2D eigenvalue weighted by atomic mass is 32.1. The van der Waals surface area contributed by atoms with Gasteiger partial charge in [-0.25, -0.2) is 4.98 Å². The minimum absolute atomic E-state index is 0.0234. The molecule has 1 heterocycles. The van der Waals surface area contributed by atoms with Crippen LogP contribution in [0.5, 0.6) is 0 Å². The van der Waals surface area contributed by atoms with Crippen LogP contribution in [-0.4, -0.2) is 22.7 Å². The second-order valence-electron chi connectivity index (χ2n) is 3.27. The molecule has 1 atom stereocenters. The zero-order valence-corrected chi connectivity index (χ0v) is 9.85. The molecule has 4 nitrogen and oxygen atoms in total. The SMILES string of the molecule is CCC(=O)C(C)NC(=O)c1csc(C)n1. The Morgan fingerprint density at radius 3 is 2.73 bits per heavy atom. The number of thiazole rings is 1. The molecule has 0 fully saturated rings. The molecule has 0 aromatic carbocycles. The van der Waals surface area contributed by atoms with E-state index in [9.17, 15) is 9.59 Å². The number of carbonyl (C=O) groups excluding carboxylic acids is 2. The zero-order chi connectivity index (χ0) is 11.4. The Kier molecular flexibility index (Phi) is 3.96. The molecule has 0 spiro atoms. The van der Waals surface area contributed by atoms with Crippen molar-refractivity contribution in [1.82, 2.24) is 10.3 Å². The maximum absolute atomic E-state index is 11.6. The highest BCUT2D eigenvalue weighted by molar-refractivity contribution is 7.09. The molecular formula is C10H14N2O2S. The van der Waals surface area contributed by atoms with Crippen molar-refractivity contribution in [2.75, 3.05) is 0 Å². The van der Waals surface area contributed by atoms with Crippen LogP contribution >= 0.6 is 11.3 Å². The highest BCUT2D eigenvalue weighted by Crippen LogP contribution is 2.07. The number of nitrogens with one attached hydrogen (secondary N) is 1. The zero-order valence-electron chi connectivity index (χ0n) is 9.03. The maximum Gasteiger partial charge on any atom is 0.271 e. The Hall–Kier alpha value is -1.23. The Labute approximate surface area is 92.7 Å². The van der Waals surface area contributed by atoms with E-state index in [1.807, 2.05) is 6.92 Å². The van der Waals surface area contributed by atoms with Gasteiger partial charge in [-0.15, -0.1) is 11.3 Å². The average Bonchev–Trinajstić information content (AvgIpc) is 2.63. The van der Waals surface area contributed by atoms with E-state index in [1.165, 1.54) is 11.3 Å². The molecule has 1 aromatic heterocycles. The second-order valence-corrected chi connectivity index (χ2v) is 4.33. The molecule has 5 heteroatoms. The lowest BCUT2D eigenvalue weighted by molar-refractivity contribution is -0.120. The van der Waals surface area contributed by atoms with Crippen LogP contribution in [0.3, 0.4) is 0 Å². The van der Waals surface area contributed by atoms with Gasteiger partial charge < -0.3 is 5.32 Å². The van der Waals surface area contributed by atoms with Crippen molar-refractivity contribution in [1.29, 1.82) is 0 Å². The van der Waals surface area contributed by atoms with Crippen molar-refractivity contribution in [2.24, 2.45) is 0 Å². The molecule has 0 aliphatic rings. The molecule has 0 aliphatic carbocycles. The normalized spacial score (nSPS) is 12.2. The fraction of sp³-hybridized carbons (Fsp3) is 0.500. The van der Waals surface area contributed by atoms with Crippen LogP contribution in [0.1, 0.15) is 35.8 Å². The molecule has 1 unspecified atom stereocenters. The summed E-state index contributed by atoms with van der Waals surface area (Å²) in [6.45, 7) is 5.29. The number of hydrogen-bond donors (Lipinski definition) is 1. The van der Waals surface area contributed by atoms with Crippen molar-refractivity contribution in [3.05, 3.63) is 16.1 Å². The summed E-state index contributed by atoms with van der Waals surface area (Å²) in [5.41, 5.74) is 0.383. The van der Waals surface area contributed by atoms with Crippen LogP contribution in [0, 0.1) is 6.92 Å². The number of rotatable bonds is 4. The van der Waals surface area contributed by atoms with Crippen LogP contribution in [0.15, 0.2) is 5.38 Å². The van der Waals surface area contributed by atoms with Gasteiger partial charge in [-0.2, -0.15) is 0 Å². The Morgan fingerprint density at radius 1 is 1.60 bits per heavy atom. The van der Waals surface area contributed by atoms with Gasteiger partial charge in [0.2, 0.25) is 0 Å². The van der Waals surface area contributed by atoms with E-state index in [1.54, 1.807) is 19.2 Å². The van der Waals surface area contributed by atoms with Crippen molar-refractivity contribution < 1.29 is 9.59 Å². The van der Waals surface area contributed by atoms with Gasteiger partial charge in [-0.3, -0.25) is 9.59 Å². The van der Waals surface area contributed by atoms with Crippen molar-refractivity contribution in [3.8, 4) is 0 Å². The van der Waals surface area contributed by atoms with Gasteiger partial charge in [0.25, 0.3) is 5.91 Å². The first-order chi connectivity index (χ1) is 7.04. The van der Waals surface area contributed by atoms with Gasteiger partial charge in [-0.05, 0) is 13.8 Å². The van der Waals surface area contributed by atoms with E-state index in [4.69, 9.17) is 0 Å². The number of carbonyl (C=O) groups is 2. The molecule has 82 valence electrons. The summed E-state index contributed by atoms with van der Waals surface area (Å²) < 4.78 is 0. The Morgan fingerprint density at radius 2 is 2.27 bits per heavy atom. The standard InChI is InChI=1S/C10H14N2O2S/c1-4-9(13)6(2)11-10(14)8-5-15-7(3)12-8/h5-6H,4H2,1-3H3,(H,11,14). The number of aryl methyl sites for hydroxylation is 1. The second kappa shape index (κ2) is 5.02. The number of ketones is 1. The molecule has 15 heavy (non-hydrogen) atoms. The van der Waals surface area contributed by atoms with Crippen molar-refractivity contribution in [3.63, 3.8) is 0 Å². The van der Waals surface area contributed by atoms with Gasteiger partial charge in [0.05, 0.1) is 11.0 Å². The average molecular weight is 226 g/mol. The summed E-state index contributed by atoms with van der Waals surface area (Å²) in [7, 11) is 0. The molecule has 1 rings (SSSR count). The van der Waals surface area contributed by atoms with Crippen molar-refractivity contribution >= 4 is 23.0 Å². The number of Topliss-reactive ketones (excluding diaryl/α,β-unsaturated/α-hetero) is 1. The summed E-state index contributed by atoms with van der Waals surface area (Å²) in [4.78, 5) is 26.9. The first kappa shape index (κ1) is 11.8. The van der Waals surface area contributed by atoms with Gasteiger partial charge in [-0.1, -0.05) is 6.92 Å². The van der Waals surface area contributed by atoms with E-state index in [-0.39, 0.29) is 11.7 Å². The molecule has 1 aromatic rings. The van der Waals surface area contributed by atoms with E-state index in [0.29, 0.717) is 12.1 Å². The maximum atomic E-state index is 11.6. The lowest BCUT2D eigenvalue weighted by atomic mass is 10.1. The molecule has 1 amide bonds. The van der Waals surface area contributed by atoms with Crippen LogP contribution in [-0.2, 0) is 4.79 Å². The lowest BCUT2D eigenvalue weighted by Gasteiger charge is -2.10. The summed E-state index contributed by atoms with van der Waals surface area (Å²) in [6.07, 6.45) is 0.428. The summed E-state index contributed by atoms with van der Waals surface area (Å²) in [5.74, 6) is -0.260. The van der Waals surface area contributed by atoms with E-state index < -0.39 is 6.04 Å². The van der Waals surface area contributed by atoms with Gasteiger partial charge in [0.15, 0.2) is 5.78 Å². The number of aromatic nitrogens is 1. The third-order valence-electron chi connectivity index (χ3n) is 2.03. The number of hydrogen-bond acceptors (Lipinski definition) is 4. The quantitative estimate of drug-likeness (QED) is 0.847. The predicted octanol–water partition coefficient (Wildman–Crippen LogP) is 1.55. The molecule has 0 saturated heterocycles. The minimum Gasteiger partial charge on any atom is -0.341 e. The van der Waals surface area contributed by atoms with Crippen LogP contribution in [0.2, 0.25) is 0 Å². The van der Waals surface area contributed by atoms with Gasteiger partial charge in [0.1, 0.15) is 5.69 Å². The van der Waals surface area contributed by atoms with E-state index in [0.717, 1.165) is 5.01 Å². The minimum atomic E-state index is -0.440. The van der Waals surface area contributed by atoms with E-state index in [2.05, 4.69) is 10.3 Å². The first-order valence-corrected chi connectivity index (χ1v) is 5.68. The Bertz CT molecular complexity index is 373. The number of amides is 1. The predicted molar refractivity (Wildman–Crippen MR) is 59.1 cm³/mol. The summed E-state index contributed by atoms with van der Waals surface area (Å²) in [6, 6.07) is -0.440. The summed E-state index contributed by atoms with van der Waals surface area (Å²) in [5, 5.41) is 5.15. The smallest absolute Gasteiger partial charge is 0.271 e. The van der Waals surface area contributed by atoms with Gasteiger partial charge in [0, 0.05) is 11.8 Å². The third-order valence-corrected chi connectivity index (χ3v) is 2.80. The topological polar surface area (TPSA) is 59.1 Å². The van der Waals surface area contributed by atoms with Crippen LogP contribution in [0.25, 0.3) is 0 Å². The molecular weight excluding hydrogens is 212 g/mol. The highest BCUT2D eigenvalue weighted by Gasteiger charge is 2.16. The van der Waals surface area contributed by atoms with Crippen LogP contribution in [0.4, 0.5) is 0 Å². The summed E-state index contributed by atoms with van der Waals surface area (Å²) >= 11 is 1.42. The molecule has 0 radical (unpaired) electrons. The van der Waals surface area contributed by atoms with Crippen molar-refractivity contribution in [2.45, 2.75) is 33.2 Å². The van der Waals surface area contributed by atoms with Crippen LogP contribution < -0.4 is 5.32 Å². The molecule has 1 N–H and O–H groups in total.